The number of nitrogens with one attached hydrogen (secondary N) is 1. The van der Waals surface area contributed by atoms with Crippen LogP contribution in [0.1, 0.15) is 32.6 Å². The van der Waals surface area contributed by atoms with Gasteiger partial charge in [-0.05, 0) is 62.9 Å². The van der Waals surface area contributed by atoms with Crippen LogP contribution in [0.5, 0.6) is 0 Å². The van der Waals surface area contributed by atoms with E-state index in [-0.39, 0.29) is 48.7 Å². The molecule has 1 aromatic carbocycles. The first kappa shape index (κ1) is 26.8. The molecule has 0 spiro atoms. The molecular formula is C22H28N4O5PdS. The number of sulfonamides is 1. The number of benzene rings is 1. The van der Waals surface area contributed by atoms with Crippen molar-refractivity contribution < 1.29 is 43.8 Å². The fourth-order valence-corrected chi connectivity index (χ4v) is 6.04. The summed E-state index contributed by atoms with van der Waals surface area (Å²) >= 11 is 0. The fraction of sp³-hybridized carbons (Fsp3) is 0.364. The Labute approximate surface area is 206 Å². The van der Waals surface area contributed by atoms with Gasteiger partial charge in [0.15, 0.2) is 0 Å². The van der Waals surface area contributed by atoms with E-state index < -0.39 is 10.0 Å². The largest absolute Gasteiger partial charge is 0.466 e. The summed E-state index contributed by atoms with van der Waals surface area (Å²) in [6, 6.07) is 9.57. The van der Waals surface area contributed by atoms with Gasteiger partial charge in [-0.25, -0.2) is 13.4 Å². The average Bonchev–Trinajstić information content (AvgIpc) is 3.24. The number of ether oxygens (including phenoxy) is 1. The van der Waals surface area contributed by atoms with E-state index in [0.717, 1.165) is 5.39 Å². The number of nitrogen functional groups attached to an aromatic ring is 1. The number of H-pyrrole nitrogens is 1. The molecular weight excluding hydrogens is 539 g/mol. The van der Waals surface area contributed by atoms with Crippen molar-refractivity contribution in [2.45, 2.75) is 43.5 Å². The van der Waals surface area contributed by atoms with Gasteiger partial charge < -0.3 is 20.9 Å². The van der Waals surface area contributed by atoms with Crippen molar-refractivity contribution in [3.63, 3.8) is 0 Å². The fourth-order valence-electron chi connectivity index (χ4n) is 4.26. The van der Waals surface area contributed by atoms with Crippen molar-refractivity contribution in [2.24, 2.45) is 5.92 Å². The standard InChI is InChI=1S/C22H26N4O4S.H2O.Pd/c1-2-30-22(27)15-6-8-17(9-7-15)26(20-11-13-25-21-19(20)10-12-24-21)31(28,29)18-5-3-4-16(23)14-18;;/h3-5,10-15,17H,2,6-9,23H2,1H3,(H,24,25);1H2;. The van der Waals surface area contributed by atoms with Crippen molar-refractivity contribution in [1.82, 2.24) is 9.97 Å². The van der Waals surface area contributed by atoms with Gasteiger partial charge in [-0.3, -0.25) is 9.10 Å². The number of pyridine rings is 1. The normalized spacial score (nSPS) is 18.1. The molecule has 0 aliphatic heterocycles. The van der Waals surface area contributed by atoms with Crippen LogP contribution in [0.4, 0.5) is 11.4 Å². The topological polar surface area (TPSA) is 150 Å². The van der Waals surface area contributed by atoms with E-state index in [0.29, 0.717) is 49.3 Å². The summed E-state index contributed by atoms with van der Waals surface area (Å²) in [5.41, 5.74) is 7.44. The SMILES string of the molecule is CCOC(=O)C1CCC(N(c2ccnc3[nH]ccc23)S(=O)(=O)c2cccc(N)c2)CC1.O.[Pd]. The Hall–Kier alpha value is -2.45. The minimum atomic E-state index is -3.90. The summed E-state index contributed by atoms with van der Waals surface area (Å²) in [6.07, 6.45) is 5.60. The molecule has 0 atom stereocenters. The minimum Gasteiger partial charge on any atom is -0.466 e. The third kappa shape index (κ3) is 5.38. The molecule has 1 fully saturated rings. The molecule has 2 heterocycles. The van der Waals surface area contributed by atoms with Crippen molar-refractivity contribution in [3.05, 3.63) is 48.8 Å². The van der Waals surface area contributed by atoms with Crippen LogP contribution in [0.2, 0.25) is 0 Å². The van der Waals surface area contributed by atoms with Crippen molar-refractivity contribution in [3.8, 4) is 0 Å². The van der Waals surface area contributed by atoms with Gasteiger partial charge in [0.05, 0.1) is 23.1 Å². The van der Waals surface area contributed by atoms with Crippen LogP contribution in [0.25, 0.3) is 11.0 Å². The predicted octanol–water partition coefficient (Wildman–Crippen LogP) is 2.64. The zero-order valence-electron chi connectivity index (χ0n) is 18.1. The number of esters is 1. The third-order valence-corrected chi connectivity index (χ3v) is 7.60. The molecule has 2 aromatic heterocycles. The molecule has 4 rings (SSSR count). The summed E-state index contributed by atoms with van der Waals surface area (Å²) in [7, 11) is -3.90. The molecule has 1 saturated carbocycles. The zero-order valence-corrected chi connectivity index (χ0v) is 20.5. The van der Waals surface area contributed by atoms with Crippen LogP contribution in [0.15, 0.2) is 53.7 Å². The first-order valence-corrected chi connectivity index (χ1v) is 11.8. The van der Waals surface area contributed by atoms with Crippen LogP contribution in [-0.2, 0) is 40.0 Å². The molecule has 9 nitrogen and oxygen atoms in total. The van der Waals surface area contributed by atoms with E-state index in [2.05, 4.69) is 9.97 Å². The summed E-state index contributed by atoms with van der Waals surface area (Å²) < 4.78 is 34.3. The van der Waals surface area contributed by atoms with E-state index in [4.69, 9.17) is 10.5 Å². The molecule has 0 unspecified atom stereocenters. The number of aromatic amines is 1. The molecule has 182 valence electrons. The first-order chi connectivity index (χ1) is 14.9. The number of hydrogen-bond acceptors (Lipinski definition) is 6. The Morgan fingerprint density at radius 2 is 1.94 bits per heavy atom. The van der Waals surface area contributed by atoms with Crippen molar-refractivity contribution in [1.29, 1.82) is 0 Å². The number of carbonyl (C=O) groups excluding carboxylic acids is 1. The Morgan fingerprint density at radius 1 is 1.21 bits per heavy atom. The molecule has 11 heteroatoms. The van der Waals surface area contributed by atoms with Crippen LogP contribution >= 0.6 is 0 Å². The Morgan fingerprint density at radius 3 is 2.61 bits per heavy atom. The average molecular weight is 567 g/mol. The van der Waals surface area contributed by atoms with E-state index in [1.165, 1.54) is 10.4 Å². The number of nitrogens with two attached hydrogens (primary N) is 1. The van der Waals surface area contributed by atoms with Crippen molar-refractivity contribution >= 4 is 38.4 Å². The number of aromatic nitrogens is 2. The molecule has 1 aliphatic rings. The predicted molar refractivity (Wildman–Crippen MR) is 123 cm³/mol. The first-order valence-electron chi connectivity index (χ1n) is 10.4. The van der Waals surface area contributed by atoms with Crippen LogP contribution < -0.4 is 10.0 Å². The van der Waals surface area contributed by atoms with Crippen LogP contribution in [0, 0.1) is 5.92 Å². The summed E-state index contributed by atoms with van der Waals surface area (Å²) in [5.74, 6) is -0.402. The molecule has 0 bridgehead atoms. The Balaban J connectivity index is 0.00000193. The van der Waals surface area contributed by atoms with Gasteiger partial charge in [0, 0.05) is 49.9 Å². The van der Waals surface area contributed by atoms with E-state index in [1.54, 1.807) is 43.6 Å². The summed E-state index contributed by atoms with van der Waals surface area (Å²) in [5, 5.41) is 0.725. The number of hydrogen-bond donors (Lipinski definition) is 2. The van der Waals surface area contributed by atoms with E-state index >= 15 is 0 Å². The maximum Gasteiger partial charge on any atom is 0.308 e. The molecule has 33 heavy (non-hydrogen) atoms. The number of fused-ring (bicyclic) bond motifs is 1. The molecule has 0 amide bonds. The maximum absolute atomic E-state index is 13.8. The smallest absolute Gasteiger partial charge is 0.308 e. The second-order valence-electron chi connectivity index (χ2n) is 7.70. The maximum atomic E-state index is 13.8. The molecule has 3 aromatic rings. The monoisotopic (exact) mass is 566 g/mol. The zero-order chi connectivity index (χ0) is 22.0. The molecule has 0 saturated heterocycles. The molecule has 0 radical (unpaired) electrons. The van der Waals surface area contributed by atoms with Gasteiger partial charge in [-0.1, -0.05) is 6.07 Å². The van der Waals surface area contributed by atoms with Gasteiger partial charge in [-0.2, -0.15) is 0 Å². The second kappa shape index (κ2) is 11.1. The van der Waals surface area contributed by atoms with Crippen molar-refractivity contribution in [2.75, 3.05) is 16.6 Å². The Kier molecular flexibility index (Phi) is 9.03. The van der Waals surface area contributed by atoms with Gasteiger partial charge in [-0.15, -0.1) is 0 Å². The summed E-state index contributed by atoms with van der Waals surface area (Å²) in [6.45, 7) is 2.13. The summed E-state index contributed by atoms with van der Waals surface area (Å²) in [4.78, 5) is 19.6. The van der Waals surface area contributed by atoms with Gasteiger partial charge in [0.25, 0.3) is 10.0 Å². The third-order valence-electron chi connectivity index (χ3n) is 5.74. The van der Waals surface area contributed by atoms with Crippen LogP contribution in [-0.4, -0.2) is 42.5 Å². The van der Waals surface area contributed by atoms with Gasteiger partial charge in [0.1, 0.15) is 5.65 Å². The quantitative estimate of drug-likeness (QED) is 0.266. The van der Waals surface area contributed by atoms with Gasteiger partial charge >= 0.3 is 5.97 Å². The second-order valence-corrected chi connectivity index (χ2v) is 9.52. The van der Waals surface area contributed by atoms with E-state index in [9.17, 15) is 13.2 Å². The van der Waals surface area contributed by atoms with E-state index in [1.807, 2.05) is 6.07 Å². The van der Waals surface area contributed by atoms with Gasteiger partial charge in [0.2, 0.25) is 0 Å². The number of nitrogens with zero attached hydrogens (tertiary/aromatic N) is 2. The number of anilines is 2. The minimum absolute atomic E-state index is 0. The number of carbonyl (C=O) groups is 1. The number of rotatable bonds is 6. The van der Waals surface area contributed by atoms with Crippen LogP contribution in [0.3, 0.4) is 0 Å². The molecule has 1 aliphatic carbocycles. The Bertz CT molecular complexity index is 1190. The molecule has 5 N–H and O–H groups in total.